The number of ether oxygens (including phenoxy) is 1. The van der Waals surface area contributed by atoms with Crippen LogP contribution in [0.5, 0.6) is 5.75 Å². The first-order valence-corrected chi connectivity index (χ1v) is 10.1. The Bertz CT molecular complexity index is 881. The number of rotatable bonds is 9. The molecule has 0 spiro atoms. The molecule has 0 saturated heterocycles. The third-order valence-corrected chi connectivity index (χ3v) is 5.10. The maximum absolute atomic E-state index is 12.9. The van der Waals surface area contributed by atoms with E-state index >= 15 is 0 Å². The number of halogens is 1. The summed E-state index contributed by atoms with van der Waals surface area (Å²) in [6.07, 6.45) is 2.08. The van der Waals surface area contributed by atoms with Crippen LogP contribution in [0.2, 0.25) is 0 Å². The van der Waals surface area contributed by atoms with E-state index in [1.54, 1.807) is 12.1 Å². The van der Waals surface area contributed by atoms with Crippen molar-refractivity contribution in [2.24, 2.45) is 0 Å². The number of carbonyl (C=O) groups is 1. The monoisotopic (exact) mass is 398 g/mol. The summed E-state index contributed by atoms with van der Waals surface area (Å²) in [5, 5.41) is 5.68. The largest absolute Gasteiger partial charge is 0.486 e. The van der Waals surface area contributed by atoms with E-state index in [0.29, 0.717) is 12.4 Å². The highest BCUT2D eigenvalue weighted by atomic mass is 32.1. The first-order valence-electron chi connectivity index (χ1n) is 9.23. The average molecular weight is 399 g/mol. The Morgan fingerprint density at radius 3 is 2.68 bits per heavy atom. The lowest BCUT2D eigenvalue weighted by molar-refractivity contribution is -0.121. The Hall–Kier alpha value is -2.73. The minimum absolute atomic E-state index is 0.0307. The predicted octanol–water partition coefficient (Wildman–Crippen LogP) is 4.54. The minimum atomic E-state index is -0.298. The van der Waals surface area contributed by atoms with Gasteiger partial charge < -0.3 is 10.1 Å². The zero-order chi connectivity index (χ0) is 19.8. The van der Waals surface area contributed by atoms with E-state index in [0.717, 1.165) is 23.5 Å². The van der Waals surface area contributed by atoms with Crippen LogP contribution in [0.25, 0.3) is 0 Å². The highest BCUT2D eigenvalue weighted by Gasteiger charge is 2.11. The van der Waals surface area contributed by atoms with Gasteiger partial charge in [0.05, 0.1) is 12.1 Å². The van der Waals surface area contributed by atoms with Crippen LogP contribution in [0.15, 0.2) is 60.0 Å². The van der Waals surface area contributed by atoms with Gasteiger partial charge in [-0.1, -0.05) is 30.3 Å². The number of nitrogens with zero attached hydrogens (tertiary/aromatic N) is 1. The lowest BCUT2D eigenvalue weighted by Crippen LogP contribution is -2.34. The molecule has 0 aliphatic rings. The van der Waals surface area contributed by atoms with Gasteiger partial charge in [0.2, 0.25) is 5.91 Å². The van der Waals surface area contributed by atoms with Crippen molar-refractivity contribution in [2.45, 2.75) is 38.8 Å². The molecule has 1 heterocycles. The Morgan fingerprint density at radius 1 is 1.18 bits per heavy atom. The maximum Gasteiger partial charge on any atom is 0.226 e. The van der Waals surface area contributed by atoms with Crippen LogP contribution < -0.4 is 10.1 Å². The zero-order valence-corrected chi connectivity index (χ0v) is 16.5. The molecule has 1 N–H and O–H groups in total. The number of hydrogen-bond donors (Lipinski definition) is 1. The summed E-state index contributed by atoms with van der Waals surface area (Å²) in [4.78, 5) is 16.7. The molecule has 1 amide bonds. The second-order valence-corrected chi connectivity index (χ2v) is 7.59. The minimum Gasteiger partial charge on any atom is -0.486 e. The predicted molar refractivity (Wildman–Crippen MR) is 109 cm³/mol. The lowest BCUT2D eigenvalue weighted by Gasteiger charge is -2.13. The number of benzene rings is 2. The summed E-state index contributed by atoms with van der Waals surface area (Å²) in [5.41, 5.74) is 2.00. The average Bonchev–Trinajstić information content (AvgIpc) is 3.14. The van der Waals surface area contributed by atoms with Gasteiger partial charge in [-0.15, -0.1) is 11.3 Å². The second-order valence-electron chi connectivity index (χ2n) is 6.64. The quantitative estimate of drug-likeness (QED) is 0.576. The van der Waals surface area contributed by atoms with Crippen molar-refractivity contribution in [2.75, 3.05) is 0 Å². The number of nitrogens with one attached hydrogen (secondary N) is 1. The van der Waals surface area contributed by atoms with Crippen molar-refractivity contribution in [1.82, 2.24) is 10.3 Å². The van der Waals surface area contributed by atoms with Crippen molar-refractivity contribution in [3.8, 4) is 5.75 Å². The topological polar surface area (TPSA) is 51.2 Å². The van der Waals surface area contributed by atoms with Gasteiger partial charge in [0.1, 0.15) is 23.2 Å². The van der Waals surface area contributed by atoms with Crippen molar-refractivity contribution < 1.29 is 13.9 Å². The van der Waals surface area contributed by atoms with Gasteiger partial charge in [-0.2, -0.15) is 0 Å². The summed E-state index contributed by atoms with van der Waals surface area (Å²) in [5.74, 6) is 0.257. The van der Waals surface area contributed by atoms with E-state index in [2.05, 4.69) is 22.4 Å². The fourth-order valence-electron chi connectivity index (χ4n) is 2.76. The molecule has 0 saturated carbocycles. The van der Waals surface area contributed by atoms with E-state index < -0.39 is 0 Å². The van der Waals surface area contributed by atoms with Crippen molar-refractivity contribution in [3.05, 3.63) is 82.1 Å². The summed E-state index contributed by atoms with van der Waals surface area (Å²) >= 11 is 1.45. The Morgan fingerprint density at radius 2 is 1.93 bits per heavy atom. The van der Waals surface area contributed by atoms with Crippen LogP contribution in [0.3, 0.4) is 0 Å². The Balaban J connectivity index is 1.41. The molecule has 3 aromatic rings. The molecule has 146 valence electrons. The van der Waals surface area contributed by atoms with Crippen LogP contribution in [0, 0.1) is 5.82 Å². The van der Waals surface area contributed by atoms with Crippen molar-refractivity contribution in [1.29, 1.82) is 0 Å². The normalized spacial score (nSPS) is 11.8. The Labute approximate surface area is 168 Å². The first-order chi connectivity index (χ1) is 13.6. The summed E-state index contributed by atoms with van der Waals surface area (Å²) in [6.45, 7) is 2.31. The summed E-state index contributed by atoms with van der Waals surface area (Å²) < 4.78 is 18.5. The van der Waals surface area contributed by atoms with E-state index in [1.165, 1.54) is 29.0 Å². The van der Waals surface area contributed by atoms with Gasteiger partial charge in [0.25, 0.3) is 0 Å². The highest BCUT2D eigenvalue weighted by Crippen LogP contribution is 2.16. The lowest BCUT2D eigenvalue weighted by atomic mass is 10.1. The number of thiazole rings is 1. The van der Waals surface area contributed by atoms with Crippen LogP contribution in [0.1, 0.15) is 29.6 Å². The fourth-order valence-corrected chi connectivity index (χ4v) is 3.47. The van der Waals surface area contributed by atoms with Crippen LogP contribution in [-0.4, -0.2) is 16.9 Å². The van der Waals surface area contributed by atoms with Gasteiger partial charge >= 0.3 is 0 Å². The van der Waals surface area contributed by atoms with E-state index in [4.69, 9.17) is 4.74 Å². The maximum atomic E-state index is 12.9. The number of aryl methyl sites for hydroxylation is 1. The molecular weight excluding hydrogens is 375 g/mol. The molecule has 1 aromatic heterocycles. The molecule has 0 fully saturated rings. The third-order valence-electron chi connectivity index (χ3n) is 4.23. The van der Waals surface area contributed by atoms with Crippen molar-refractivity contribution >= 4 is 17.2 Å². The zero-order valence-electron chi connectivity index (χ0n) is 15.7. The van der Waals surface area contributed by atoms with Gasteiger partial charge in [0.15, 0.2) is 0 Å². The molecule has 2 aromatic carbocycles. The molecule has 3 rings (SSSR count). The summed E-state index contributed by atoms with van der Waals surface area (Å²) in [7, 11) is 0. The highest BCUT2D eigenvalue weighted by molar-refractivity contribution is 7.09. The second kappa shape index (κ2) is 9.99. The molecular formula is C22H23FN2O2S. The smallest absolute Gasteiger partial charge is 0.226 e. The number of amides is 1. The number of carbonyl (C=O) groups excluding carboxylic acids is 1. The molecule has 28 heavy (non-hydrogen) atoms. The number of aromatic nitrogens is 1. The molecule has 1 unspecified atom stereocenters. The fraction of sp³-hybridized carbons (Fsp3) is 0.273. The van der Waals surface area contributed by atoms with Crippen LogP contribution >= 0.6 is 11.3 Å². The van der Waals surface area contributed by atoms with E-state index in [1.807, 2.05) is 30.5 Å². The molecule has 1 atom stereocenters. The van der Waals surface area contributed by atoms with E-state index in [-0.39, 0.29) is 24.2 Å². The SMILES string of the molecule is CC(CCc1ccccc1)NC(=O)Cc1csc(COc2ccc(F)cc2)n1. The van der Waals surface area contributed by atoms with Crippen LogP contribution in [-0.2, 0) is 24.2 Å². The van der Waals surface area contributed by atoms with Gasteiger partial charge in [-0.05, 0) is 49.6 Å². The molecule has 0 radical (unpaired) electrons. The Kier molecular flexibility index (Phi) is 7.14. The molecule has 0 bridgehead atoms. The van der Waals surface area contributed by atoms with Crippen molar-refractivity contribution in [3.63, 3.8) is 0 Å². The summed E-state index contributed by atoms with van der Waals surface area (Å²) in [6, 6.07) is 16.2. The van der Waals surface area contributed by atoms with Crippen LogP contribution in [0.4, 0.5) is 4.39 Å². The molecule has 0 aliphatic heterocycles. The molecule has 6 heteroatoms. The molecule has 4 nitrogen and oxygen atoms in total. The standard InChI is InChI=1S/C22H23FN2O2S/c1-16(7-8-17-5-3-2-4-6-17)24-21(26)13-19-15-28-22(25-19)14-27-20-11-9-18(23)10-12-20/h2-6,9-12,15-16H,7-8,13-14H2,1H3,(H,24,26). The third kappa shape index (κ3) is 6.46. The van der Waals surface area contributed by atoms with Gasteiger partial charge in [0, 0.05) is 11.4 Å². The molecule has 0 aliphatic carbocycles. The first kappa shape index (κ1) is 20.0. The van der Waals surface area contributed by atoms with Gasteiger partial charge in [-0.3, -0.25) is 4.79 Å². The van der Waals surface area contributed by atoms with Gasteiger partial charge in [-0.25, -0.2) is 9.37 Å². The number of hydrogen-bond acceptors (Lipinski definition) is 4. The van der Waals surface area contributed by atoms with E-state index in [9.17, 15) is 9.18 Å².